The molecule has 5 nitrogen and oxygen atoms in total. The van der Waals surface area contributed by atoms with Crippen LogP contribution in [0.25, 0.3) is 11.1 Å². The van der Waals surface area contributed by atoms with E-state index in [1.165, 1.54) is 24.3 Å². The first-order chi connectivity index (χ1) is 16.0. The van der Waals surface area contributed by atoms with Gasteiger partial charge < -0.3 is 10.1 Å². The number of amides is 1. The summed E-state index contributed by atoms with van der Waals surface area (Å²) in [6.45, 7) is 0.0593. The van der Waals surface area contributed by atoms with Crippen molar-refractivity contribution in [3.05, 3.63) is 89.2 Å². The summed E-state index contributed by atoms with van der Waals surface area (Å²) in [6, 6.07) is 12.4. The molecule has 4 rings (SSSR count). The minimum absolute atomic E-state index is 0.0427. The van der Waals surface area contributed by atoms with Crippen molar-refractivity contribution in [2.75, 3.05) is 7.11 Å². The van der Waals surface area contributed by atoms with Crippen LogP contribution in [0.4, 0.5) is 8.78 Å². The van der Waals surface area contributed by atoms with Crippen LogP contribution in [0.1, 0.15) is 34.3 Å². The molecule has 1 amide bonds. The third kappa shape index (κ3) is 5.25. The van der Waals surface area contributed by atoms with Gasteiger partial charge in [-0.2, -0.15) is 0 Å². The Morgan fingerprint density at radius 1 is 1.12 bits per heavy atom. The first kappa shape index (κ1) is 22.6. The van der Waals surface area contributed by atoms with Gasteiger partial charge in [-0.05, 0) is 60.1 Å². The maximum absolute atomic E-state index is 14.7. The molecule has 1 fully saturated rings. The van der Waals surface area contributed by atoms with Crippen molar-refractivity contribution >= 4 is 11.9 Å². The van der Waals surface area contributed by atoms with Gasteiger partial charge in [-0.1, -0.05) is 30.3 Å². The first-order valence-electron chi connectivity index (χ1n) is 10.8. The topological polar surface area (TPSA) is 68.3 Å². The number of nitrogens with zero attached hydrogens (tertiary/aromatic N) is 1. The van der Waals surface area contributed by atoms with Gasteiger partial charge in [-0.15, -0.1) is 0 Å². The fourth-order valence-electron chi connectivity index (χ4n) is 4.03. The van der Waals surface area contributed by atoms with Crippen LogP contribution in [-0.4, -0.2) is 24.0 Å². The maximum atomic E-state index is 14.7. The monoisotopic (exact) mass is 450 g/mol. The lowest BCUT2D eigenvalue weighted by molar-refractivity contribution is -0.122. The molecular weight excluding hydrogens is 426 g/mol. The normalized spacial score (nSPS) is 16.8. The summed E-state index contributed by atoms with van der Waals surface area (Å²) in [5.74, 6) is -1.90. The zero-order valence-electron chi connectivity index (χ0n) is 18.2. The Kier molecular flexibility index (Phi) is 6.77. The van der Waals surface area contributed by atoms with Gasteiger partial charge in [0.05, 0.1) is 7.11 Å². The average molecular weight is 450 g/mol. The number of hydrogen-bond donors (Lipinski definition) is 1. The lowest BCUT2D eigenvalue weighted by atomic mass is 9.98. The summed E-state index contributed by atoms with van der Waals surface area (Å²) in [6.07, 6.45) is 6.21. The molecule has 7 heteroatoms. The first-order valence-corrected chi connectivity index (χ1v) is 10.8. The lowest BCUT2D eigenvalue weighted by Crippen LogP contribution is -2.25. The second-order valence-electron chi connectivity index (χ2n) is 8.18. The van der Waals surface area contributed by atoms with Crippen molar-refractivity contribution in [2.24, 2.45) is 11.8 Å². The molecule has 1 aliphatic rings. The zero-order chi connectivity index (χ0) is 23.4. The molecule has 0 radical (unpaired) electrons. The largest absolute Gasteiger partial charge is 0.465 e. The van der Waals surface area contributed by atoms with Crippen LogP contribution in [0, 0.1) is 23.5 Å². The number of aryl methyl sites for hydroxylation is 1. The van der Waals surface area contributed by atoms with Crippen LogP contribution < -0.4 is 5.32 Å². The summed E-state index contributed by atoms with van der Waals surface area (Å²) in [4.78, 5) is 28.5. The SMILES string of the molecule is COC(=O)c1c(F)cccc1-c1ccc(CNC(=O)C2CC2CCc2cccnc2)c(F)c1. The van der Waals surface area contributed by atoms with Gasteiger partial charge in [-0.25, -0.2) is 13.6 Å². The van der Waals surface area contributed by atoms with Crippen LogP contribution >= 0.6 is 0 Å². The Morgan fingerprint density at radius 3 is 2.70 bits per heavy atom. The number of carbonyl (C=O) groups excluding carboxylic acids is 2. The van der Waals surface area contributed by atoms with Crippen LogP contribution in [0.5, 0.6) is 0 Å². The molecule has 0 bridgehead atoms. The second kappa shape index (κ2) is 9.90. The molecule has 0 spiro atoms. The van der Waals surface area contributed by atoms with Gasteiger partial charge in [0.25, 0.3) is 0 Å². The number of halogens is 2. The van der Waals surface area contributed by atoms with E-state index in [2.05, 4.69) is 15.0 Å². The molecule has 170 valence electrons. The molecule has 2 aromatic carbocycles. The number of hydrogen-bond acceptors (Lipinski definition) is 4. The summed E-state index contributed by atoms with van der Waals surface area (Å²) >= 11 is 0. The summed E-state index contributed by atoms with van der Waals surface area (Å²) < 4.78 is 33.6. The van der Waals surface area contributed by atoms with Gasteiger partial charge in [0, 0.05) is 30.4 Å². The van der Waals surface area contributed by atoms with Crippen LogP contribution in [0.2, 0.25) is 0 Å². The Balaban J connectivity index is 1.36. The highest BCUT2D eigenvalue weighted by atomic mass is 19.1. The number of esters is 1. The standard InChI is InChI=1S/C26H24F2N2O3/c1-33-26(32)24-20(5-2-6-22(24)27)18-9-10-19(23(28)13-18)15-30-25(31)21-12-17(21)8-7-16-4-3-11-29-14-16/h2-6,9-11,13-14,17,21H,7-8,12,15H2,1H3,(H,30,31). The highest BCUT2D eigenvalue weighted by molar-refractivity contribution is 5.97. The van der Waals surface area contributed by atoms with Crippen molar-refractivity contribution in [1.82, 2.24) is 10.3 Å². The smallest absolute Gasteiger partial charge is 0.341 e. The van der Waals surface area contributed by atoms with E-state index in [0.717, 1.165) is 38.0 Å². The molecule has 1 aromatic heterocycles. The number of pyridine rings is 1. The van der Waals surface area contributed by atoms with Gasteiger partial charge >= 0.3 is 5.97 Å². The molecule has 2 unspecified atom stereocenters. The third-order valence-electron chi connectivity index (χ3n) is 6.01. The van der Waals surface area contributed by atoms with Crippen molar-refractivity contribution in [2.45, 2.75) is 25.8 Å². The van der Waals surface area contributed by atoms with E-state index in [-0.39, 0.29) is 29.5 Å². The number of benzene rings is 2. The fraction of sp³-hybridized carbons (Fsp3) is 0.269. The summed E-state index contributed by atoms with van der Waals surface area (Å²) in [5.41, 5.74) is 1.81. The van der Waals surface area contributed by atoms with Crippen LogP contribution in [-0.2, 0) is 22.5 Å². The summed E-state index contributed by atoms with van der Waals surface area (Å²) in [7, 11) is 1.16. The zero-order valence-corrected chi connectivity index (χ0v) is 18.2. The number of aromatic nitrogens is 1. The number of ether oxygens (including phenoxy) is 1. The number of methoxy groups -OCH3 is 1. The number of carbonyl (C=O) groups is 2. The van der Waals surface area contributed by atoms with Gasteiger partial charge in [0.1, 0.15) is 17.2 Å². The molecule has 1 saturated carbocycles. The lowest BCUT2D eigenvalue weighted by Gasteiger charge is -2.11. The molecule has 1 aliphatic carbocycles. The molecule has 1 heterocycles. The number of rotatable bonds is 8. The van der Waals surface area contributed by atoms with E-state index in [0.29, 0.717) is 17.0 Å². The predicted octanol–water partition coefficient (Wildman–Crippen LogP) is 4.70. The molecule has 0 aliphatic heterocycles. The van der Waals surface area contributed by atoms with Gasteiger partial charge in [0.15, 0.2) is 0 Å². The fourth-order valence-corrected chi connectivity index (χ4v) is 4.03. The van der Waals surface area contributed by atoms with E-state index >= 15 is 0 Å². The van der Waals surface area contributed by atoms with E-state index in [1.54, 1.807) is 12.3 Å². The van der Waals surface area contributed by atoms with Crippen molar-refractivity contribution in [3.63, 3.8) is 0 Å². The van der Waals surface area contributed by atoms with Crippen LogP contribution in [0.15, 0.2) is 60.9 Å². The highest BCUT2D eigenvalue weighted by Crippen LogP contribution is 2.42. The van der Waals surface area contributed by atoms with Crippen molar-refractivity contribution in [1.29, 1.82) is 0 Å². The maximum Gasteiger partial charge on any atom is 0.341 e. The molecule has 2 atom stereocenters. The third-order valence-corrected chi connectivity index (χ3v) is 6.01. The minimum Gasteiger partial charge on any atom is -0.465 e. The number of nitrogens with one attached hydrogen (secondary N) is 1. The van der Waals surface area contributed by atoms with E-state index in [1.807, 2.05) is 18.3 Å². The highest BCUT2D eigenvalue weighted by Gasteiger charge is 2.42. The average Bonchev–Trinajstić information content (AvgIpc) is 3.61. The van der Waals surface area contributed by atoms with Crippen LogP contribution in [0.3, 0.4) is 0 Å². The quantitative estimate of drug-likeness (QED) is 0.505. The van der Waals surface area contributed by atoms with Gasteiger partial charge in [-0.3, -0.25) is 9.78 Å². The molecule has 3 aromatic rings. The predicted molar refractivity (Wildman–Crippen MR) is 119 cm³/mol. The molecular formula is C26H24F2N2O3. The minimum atomic E-state index is -0.831. The molecule has 1 N–H and O–H groups in total. The molecule has 33 heavy (non-hydrogen) atoms. The van der Waals surface area contributed by atoms with Gasteiger partial charge in [0.2, 0.25) is 5.91 Å². The van der Waals surface area contributed by atoms with E-state index in [4.69, 9.17) is 0 Å². The Labute approximate surface area is 190 Å². The Bertz CT molecular complexity index is 1170. The second-order valence-corrected chi connectivity index (χ2v) is 8.18. The van der Waals surface area contributed by atoms with Crippen molar-refractivity contribution < 1.29 is 23.1 Å². The summed E-state index contributed by atoms with van der Waals surface area (Å²) in [5, 5.41) is 2.81. The Morgan fingerprint density at radius 2 is 1.97 bits per heavy atom. The van der Waals surface area contributed by atoms with Crippen molar-refractivity contribution in [3.8, 4) is 11.1 Å². The van der Waals surface area contributed by atoms with E-state index in [9.17, 15) is 18.4 Å². The van der Waals surface area contributed by atoms with E-state index < -0.39 is 17.6 Å². The molecule has 0 saturated heterocycles. The Hall–Kier alpha value is -3.61.